The molecule has 24 heavy (non-hydrogen) atoms. The number of hydrogen-bond donors (Lipinski definition) is 1. The second-order valence-corrected chi connectivity index (χ2v) is 5.34. The fraction of sp³-hybridized carbons (Fsp3) is 0.167. The predicted molar refractivity (Wildman–Crippen MR) is 89.7 cm³/mol. The second-order valence-electron chi connectivity index (χ2n) is 5.34. The molecule has 0 aliphatic heterocycles. The number of ether oxygens (including phenoxy) is 1. The molecule has 0 saturated carbocycles. The van der Waals surface area contributed by atoms with Gasteiger partial charge < -0.3 is 4.74 Å². The Bertz CT molecular complexity index is 973. The molecule has 3 aromatic rings. The average Bonchev–Trinajstić information content (AvgIpc) is 2.62. The Hall–Kier alpha value is -3.15. The molecule has 0 unspecified atom stereocenters. The van der Waals surface area contributed by atoms with Crippen LogP contribution in [0.5, 0.6) is 0 Å². The van der Waals surface area contributed by atoms with Gasteiger partial charge in [-0.25, -0.2) is 4.68 Å². The third-order valence-electron chi connectivity index (χ3n) is 3.67. The number of aromatic nitrogens is 2. The van der Waals surface area contributed by atoms with Crippen LogP contribution in [-0.2, 0) is 22.7 Å². The van der Waals surface area contributed by atoms with Gasteiger partial charge in [-0.15, -0.1) is 0 Å². The van der Waals surface area contributed by atoms with Crippen molar-refractivity contribution in [2.24, 2.45) is 0 Å². The molecule has 0 bridgehead atoms. The summed E-state index contributed by atoms with van der Waals surface area (Å²) in [6.45, 7) is 0.245. The van der Waals surface area contributed by atoms with E-state index >= 15 is 0 Å². The summed E-state index contributed by atoms with van der Waals surface area (Å²) in [6.07, 6.45) is 0.00101. The first-order chi connectivity index (χ1) is 11.6. The van der Waals surface area contributed by atoms with Crippen LogP contribution in [0, 0.1) is 0 Å². The lowest BCUT2D eigenvalue weighted by Crippen LogP contribution is -2.30. The summed E-state index contributed by atoms with van der Waals surface area (Å²) in [5, 5.41) is 3.16. The van der Waals surface area contributed by atoms with Gasteiger partial charge in [-0.1, -0.05) is 42.5 Å². The largest absolute Gasteiger partial charge is 0.461 e. The van der Waals surface area contributed by atoms with Crippen molar-refractivity contribution in [3.8, 4) is 0 Å². The van der Waals surface area contributed by atoms with Gasteiger partial charge in [-0.3, -0.25) is 19.5 Å². The second kappa shape index (κ2) is 6.95. The average molecular weight is 324 g/mol. The van der Waals surface area contributed by atoms with Crippen LogP contribution in [0.2, 0.25) is 0 Å². The molecule has 1 N–H and O–H groups in total. The highest BCUT2D eigenvalue weighted by atomic mass is 16.5. The fourth-order valence-electron chi connectivity index (χ4n) is 2.42. The van der Waals surface area contributed by atoms with Gasteiger partial charge in [0.15, 0.2) is 0 Å². The van der Waals surface area contributed by atoms with Gasteiger partial charge in [0.05, 0.1) is 23.7 Å². The molecular weight excluding hydrogens is 308 g/mol. The minimum absolute atomic E-state index is 0.00101. The molecule has 1 heterocycles. The molecule has 0 radical (unpaired) electrons. The monoisotopic (exact) mass is 324 g/mol. The summed E-state index contributed by atoms with van der Waals surface area (Å²) in [7, 11) is 0. The van der Waals surface area contributed by atoms with Gasteiger partial charge in [0, 0.05) is 0 Å². The molecule has 0 spiro atoms. The van der Waals surface area contributed by atoms with Crippen molar-refractivity contribution >= 4 is 16.7 Å². The number of rotatable bonds is 5. The Morgan fingerprint density at radius 2 is 1.62 bits per heavy atom. The number of nitrogens with one attached hydrogen (secondary N) is 1. The fourth-order valence-corrected chi connectivity index (χ4v) is 2.42. The summed E-state index contributed by atoms with van der Waals surface area (Å²) in [5.41, 5.74) is 0.200. The standard InChI is InChI=1S/C18H16N2O4/c21-16(24-12-13-6-2-1-3-7-13)10-11-20-18(23)15-9-5-4-8-14(15)17(22)19-20/h1-9H,10-12H2,(H,19,22). The van der Waals surface area contributed by atoms with Gasteiger partial charge in [-0.2, -0.15) is 0 Å². The summed E-state index contributed by atoms with van der Waals surface area (Å²) in [5.74, 6) is -0.431. The van der Waals surface area contributed by atoms with Crippen LogP contribution in [0.4, 0.5) is 0 Å². The maximum absolute atomic E-state index is 12.3. The van der Waals surface area contributed by atoms with Crippen LogP contribution < -0.4 is 11.1 Å². The number of aromatic amines is 1. The van der Waals surface area contributed by atoms with Crippen LogP contribution >= 0.6 is 0 Å². The Morgan fingerprint density at radius 3 is 2.38 bits per heavy atom. The predicted octanol–water partition coefficient (Wildman–Crippen LogP) is 1.82. The van der Waals surface area contributed by atoms with E-state index < -0.39 is 5.97 Å². The first-order valence-electron chi connectivity index (χ1n) is 7.56. The number of aryl methyl sites for hydroxylation is 1. The molecule has 2 aromatic carbocycles. The topological polar surface area (TPSA) is 81.2 Å². The van der Waals surface area contributed by atoms with Crippen molar-refractivity contribution in [3.05, 3.63) is 80.9 Å². The third-order valence-corrected chi connectivity index (χ3v) is 3.67. The maximum atomic E-state index is 12.3. The van der Waals surface area contributed by atoms with Crippen molar-refractivity contribution in [2.45, 2.75) is 19.6 Å². The van der Waals surface area contributed by atoms with E-state index in [1.807, 2.05) is 30.3 Å². The van der Waals surface area contributed by atoms with Crippen LogP contribution in [-0.4, -0.2) is 15.7 Å². The highest BCUT2D eigenvalue weighted by molar-refractivity contribution is 5.80. The Kier molecular flexibility index (Phi) is 4.56. The zero-order chi connectivity index (χ0) is 16.9. The lowest BCUT2D eigenvalue weighted by Gasteiger charge is -2.08. The SMILES string of the molecule is O=C(CCn1[nH]c(=O)c2ccccc2c1=O)OCc1ccccc1. The normalized spacial score (nSPS) is 10.7. The number of benzene rings is 2. The number of hydrogen-bond acceptors (Lipinski definition) is 4. The van der Waals surface area contributed by atoms with Crippen molar-refractivity contribution in [1.29, 1.82) is 0 Å². The van der Waals surface area contributed by atoms with Crippen molar-refractivity contribution in [1.82, 2.24) is 9.78 Å². The minimum atomic E-state index is -0.431. The van der Waals surface area contributed by atoms with Crippen LogP contribution in [0.25, 0.3) is 10.8 Å². The Morgan fingerprint density at radius 1 is 0.958 bits per heavy atom. The van der Waals surface area contributed by atoms with Crippen LogP contribution in [0.15, 0.2) is 64.2 Å². The first kappa shape index (κ1) is 15.7. The Balaban J connectivity index is 1.67. The molecule has 0 aliphatic rings. The zero-order valence-corrected chi connectivity index (χ0v) is 12.9. The summed E-state index contributed by atoms with van der Waals surface area (Å²) in [4.78, 5) is 36.1. The van der Waals surface area contributed by atoms with E-state index in [2.05, 4.69) is 5.10 Å². The number of carbonyl (C=O) groups is 1. The van der Waals surface area contributed by atoms with Crippen molar-refractivity contribution in [3.63, 3.8) is 0 Å². The van der Waals surface area contributed by atoms with Gasteiger partial charge in [0.25, 0.3) is 11.1 Å². The summed E-state index contributed by atoms with van der Waals surface area (Å²) < 4.78 is 6.31. The number of carbonyl (C=O) groups excluding carboxylic acids is 1. The van der Waals surface area contributed by atoms with E-state index in [0.717, 1.165) is 10.2 Å². The molecule has 1 aromatic heterocycles. The molecule has 0 aliphatic carbocycles. The highest BCUT2D eigenvalue weighted by Gasteiger charge is 2.09. The van der Waals surface area contributed by atoms with Crippen molar-refractivity contribution in [2.75, 3.05) is 0 Å². The first-order valence-corrected chi connectivity index (χ1v) is 7.56. The molecule has 6 nitrogen and oxygen atoms in total. The number of esters is 1. The molecule has 0 amide bonds. The molecule has 3 rings (SSSR count). The molecular formula is C18H16N2O4. The lowest BCUT2D eigenvalue weighted by atomic mass is 10.2. The zero-order valence-electron chi connectivity index (χ0n) is 12.9. The maximum Gasteiger partial charge on any atom is 0.308 e. The van der Waals surface area contributed by atoms with E-state index in [9.17, 15) is 14.4 Å². The van der Waals surface area contributed by atoms with Crippen LogP contribution in [0.3, 0.4) is 0 Å². The van der Waals surface area contributed by atoms with E-state index in [1.54, 1.807) is 24.3 Å². The molecule has 0 atom stereocenters. The van der Waals surface area contributed by atoms with Gasteiger partial charge >= 0.3 is 5.97 Å². The smallest absolute Gasteiger partial charge is 0.308 e. The molecule has 6 heteroatoms. The van der Waals surface area contributed by atoms with E-state index in [4.69, 9.17) is 4.74 Å². The van der Waals surface area contributed by atoms with E-state index in [1.165, 1.54) is 0 Å². The number of nitrogens with zero attached hydrogens (tertiary/aromatic N) is 1. The third kappa shape index (κ3) is 3.43. The quantitative estimate of drug-likeness (QED) is 0.726. The number of fused-ring (bicyclic) bond motifs is 1. The van der Waals surface area contributed by atoms with Gasteiger partial charge in [0.2, 0.25) is 0 Å². The van der Waals surface area contributed by atoms with Gasteiger partial charge in [0.1, 0.15) is 6.61 Å². The molecule has 122 valence electrons. The van der Waals surface area contributed by atoms with Crippen molar-refractivity contribution < 1.29 is 9.53 Å². The summed E-state index contributed by atoms with van der Waals surface area (Å²) in [6, 6.07) is 15.9. The molecule has 0 fully saturated rings. The van der Waals surface area contributed by atoms with E-state index in [0.29, 0.717) is 10.8 Å². The molecule has 0 saturated heterocycles. The van der Waals surface area contributed by atoms with Gasteiger partial charge in [-0.05, 0) is 17.7 Å². The summed E-state index contributed by atoms with van der Waals surface area (Å²) >= 11 is 0. The highest BCUT2D eigenvalue weighted by Crippen LogP contribution is 2.04. The Labute approximate surface area is 137 Å². The minimum Gasteiger partial charge on any atom is -0.461 e. The number of H-pyrrole nitrogens is 1. The van der Waals surface area contributed by atoms with E-state index in [-0.39, 0.29) is 30.7 Å². The lowest BCUT2D eigenvalue weighted by molar-refractivity contribution is -0.145. The van der Waals surface area contributed by atoms with Crippen LogP contribution in [0.1, 0.15) is 12.0 Å².